The fraction of sp³-hybridized carbons (Fsp3) is 0.818. The third-order valence-electron chi connectivity index (χ3n) is 2.59. The van der Waals surface area contributed by atoms with Crippen molar-refractivity contribution < 1.29 is 0 Å². The van der Waals surface area contributed by atoms with Crippen molar-refractivity contribution in [3.8, 4) is 0 Å². The van der Waals surface area contributed by atoms with E-state index in [0.29, 0.717) is 0 Å². The van der Waals surface area contributed by atoms with Gasteiger partial charge in [-0.3, -0.25) is 0 Å². The number of nitrogens with zero attached hydrogens (tertiary/aromatic N) is 3. The lowest BCUT2D eigenvalue weighted by molar-refractivity contribution is 0.513. The zero-order valence-electron chi connectivity index (χ0n) is 9.58. The molecule has 1 aromatic rings. The summed E-state index contributed by atoms with van der Waals surface area (Å²) >= 11 is 0. The van der Waals surface area contributed by atoms with Crippen molar-refractivity contribution in [1.29, 1.82) is 0 Å². The lowest BCUT2D eigenvalue weighted by Crippen LogP contribution is -2.05. The summed E-state index contributed by atoms with van der Waals surface area (Å²) in [5, 5.41) is 8.25. The largest absolute Gasteiger partial charge is 0.249 e. The monoisotopic (exact) mass is 195 g/mol. The molecule has 0 fully saturated rings. The van der Waals surface area contributed by atoms with Gasteiger partial charge in [0, 0.05) is 6.54 Å². The fourth-order valence-electron chi connectivity index (χ4n) is 1.73. The number of hydrogen-bond acceptors (Lipinski definition) is 2. The molecule has 0 aliphatic heterocycles. The summed E-state index contributed by atoms with van der Waals surface area (Å²) in [6.07, 6.45) is 6.18. The molecule has 0 aliphatic carbocycles. The molecule has 0 N–H and O–H groups in total. The minimum atomic E-state index is 1.03. The Morgan fingerprint density at radius 3 is 2.57 bits per heavy atom. The van der Waals surface area contributed by atoms with E-state index < -0.39 is 0 Å². The second kappa shape index (κ2) is 5.78. The van der Waals surface area contributed by atoms with Crippen molar-refractivity contribution in [2.75, 3.05) is 0 Å². The van der Waals surface area contributed by atoms with Crippen LogP contribution in [0.25, 0.3) is 0 Å². The van der Waals surface area contributed by atoms with Crippen molar-refractivity contribution in [3.05, 3.63) is 11.4 Å². The van der Waals surface area contributed by atoms with E-state index in [1.165, 1.54) is 31.4 Å². The van der Waals surface area contributed by atoms with Crippen LogP contribution in [0.2, 0.25) is 0 Å². The molecule has 80 valence electrons. The normalized spacial score (nSPS) is 10.8. The van der Waals surface area contributed by atoms with E-state index in [4.69, 9.17) is 0 Å². The van der Waals surface area contributed by atoms with Gasteiger partial charge in [0.2, 0.25) is 0 Å². The summed E-state index contributed by atoms with van der Waals surface area (Å²) in [4.78, 5) is 0. The van der Waals surface area contributed by atoms with Crippen molar-refractivity contribution in [1.82, 2.24) is 15.0 Å². The molecule has 0 atom stereocenters. The molecule has 0 radical (unpaired) electrons. The van der Waals surface area contributed by atoms with E-state index in [-0.39, 0.29) is 0 Å². The topological polar surface area (TPSA) is 30.7 Å². The zero-order chi connectivity index (χ0) is 10.4. The van der Waals surface area contributed by atoms with Crippen LogP contribution in [0.3, 0.4) is 0 Å². The average molecular weight is 195 g/mol. The van der Waals surface area contributed by atoms with Crippen LogP contribution >= 0.6 is 0 Å². The van der Waals surface area contributed by atoms with Gasteiger partial charge in [0.1, 0.15) is 0 Å². The molecule has 0 aromatic carbocycles. The first kappa shape index (κ1) is 11.2. The third kappa shape index (κ3) is 2.82. The van der Waals surface area contributed by atoms with Crippen LogP contribution in [-0.4, -0.2) is 15.0 Å². The number of rotatable bonds is 6. The van der Waals surface area contributed by atoms with Crippen LogP contribution < -0.4 is 0 Å². The summed E-state index contributed by atoms with van der Waals surface area (Å²) in [5.74, 6) is 0. The third-order valence-corrected chi connectivity index (χ3v) is 2.59. The summed E-state index contributed by atoms with van der Waals surface area (Å²) < 4.78 is 2.06. The predicted molar refractivity (Wildman–Crippen MR) is 58.3 cm³/mol. The fourth-order valence-corrected chi connectivity index (χ4v) is 1.73. The first-order valence-corrected chi connectivity index (χ1v) is 5.68. The van der Waals surface area contributed by atoms with E-state index >= 15 is 0 Å². The Morgan fingerprint density at radius 1 is 1.14 bits per heavy atom. The van der Waals surface area contributed by atoms with Crippen LogP contribution in [0.5, 0.6) is 0 Å². The maximum atomic E-state index is 4.15. The molecule has 3 nitrogen and oxygen atoms in total. The molecular formula is C11H21N3. The highest BCUT2D eigenvalue weighted by molar-refractivity contribution is 5.07. The highest BCUT2D eigenvalue weighted by Gasteiger charge is 2.05. The van der Waals surface area contributed by atoms with Gasteiger partial charge in [0.15, 0.2) is 0 Å². The molecule has 3 heteroatoms. The van der Waals surface area contributed by atoms with Crippen molar-refractivity contribution in [3.63, 3.8) is 0 Å². The first-order valence-electron chi connectivity index (χ1n) is 5.68. The summed E-state index contributed by atoms with van der Waals surface area (Å²) in [6, 6.07) is 0. The molecule has 0 aliphatic rings. The van der Waals surface area contributed by atoms with Gasteiger partial charge in [0.05, 0.1) is 11.4 Å². The summed E-state index contributed by atoms with van der Waals surface area (Å²) in [7, 11) is 0. The molecule has 0 bridgehead atoms. The Kier molecular flexibility index (Phi) is 4.63. The molecule has 0 spiro atoms. The molecule has 0 saturated carbocycles. The smallest absolute Gasteiger partial charge is 0.0828 e. The van der Waals surface area contributed by atoms with Gasteiger partial charge in [-0.15, -0.1) is 5.10 Å². The van der Waals surface area contributed by atoms with Crippen molar-refractivity contribution in [2.24, 2.45) is 0 Å². The number of unbranched alkanes of at least 4 members (excludes halogenated alkanes) is 3. The molecular weight excluding hydrogens is 174 g/mol. The van der Waals surface area contributed by atoms with E-state index in [1.807, 2.05) is 6.92 Å². The quantitative estimate of drug-likeness (QED) is 0.653. The maximum Gasteiger partial charge on any atom is 0.0828 e. The van der Waals surface area contributed by atoms with Gasteiger partial charge >= 0.3 is 0 Å². The lowest BCUT2D eigenvalue weighted by atomic mass is 10.2. The van der Waals surface area contributed by atoms with Crippen LogP contribution in [0, 0.1) is 6.92 Å². The van der Waals surface area contributed by atoms with Crippen molar-refractivity contribution in [2.45, 2.75) is 59.4 Å². The number of hydrogen-bond donors (Lipinski definition) is 0. The number of aryl methyl sites for hydroxylation is 2. The van der Waals surface area contributed by atoms with Crippen LogP contribution in [0.15, 0.2) is 0 Å². The minimum absolute atomic E-state index is 1.03. The van der Waals surface area contributed by atoms with E-state index in [9.17, 15) is 0 Å². The first-order chi connectivity index (χ1) is 6.79. The molecule has 0 amide bonds. The highest BCUT2D eigenvalue weighted by atomic mass is 15.4. The van der Waals surface area contributed by atoms with Gasteiger partial charge in [-0.25, -0.2) is 4.68 Å². The Labute approximate surface area is 86.5 Å². The second-order valence-electron chi connectivity index (χ2n) is 3.76. The molecule has 1 heterocycles. The SMILES string of the molecule is CCCCCCn1nnc(C)c1CC. The number of aromatic nitrogens is 3. The van der Waals surface area contributed by atoms with Crippen LogP contribution in [0.1, 0.15) is 50.9 Å². The van der Waals surface area contributed by atoms with E-state index in [2.05, 4.69) is 28.8 Å². The Morgan fingerprint density at radius 2 is 1.93 bits per heavy atom. The Hall–Kier alpha value is -0.860. The Balaban J connectivity index is 2.42. The predicted octanol–water partition coefficient (Wildman–Crippen LogP) is 2.73. The van der Waals surface area contributed by atoms with E-state index in [0.717, 1.165) is 18.7 Å². The van der Waals surface area contributed by atoms with Crippen LogP contribution in [-0.2, 0) is 13.0 Å². The lowest BCUT2D eigenvalue weighted by Gasteiger charge is -2.04. The molecule has 1 rings (SSSR count). The molecule has 0 saturated heterocycles. The standard InChI is InChI=1S/C11H21N3/c1-4-6-7-8-9-14-11(5-2)10(3)12-13-14/h4-9H2,1-3H3. The Bertz CT molecular complexity index is 265. The molecule has 14 heavy (non-hydrogen) atoms. The second-order valence-corrected chi connectivity index (χ2v) is 3.76. The summed E-state index contributed by atoms with van der Waals surface area (Å²) in [6.45, 7) is 7.46. The van der Waals surface area contributed by atoms with Crippen molar-refractivity contribution >= 4 is 0 Å². The molecule has 0 unspecified atom stereocenters. The van der Waals surface area contributed by atoms with Gasteiger partial charge in [-0.2, -0.15) is 0 Å². The van der Waals surface area contributed by atoms with Crippen LogP contribution in [0.4, 0.5) is 0 Å². The summed E-state index contributed by atoms with van der Waals surface area (Å²) in [5.41, 5.74) is 2.38. The highest BCUT2D eigenvalue weighted by Crippen LogP contribution is 2.07. The zero-order valence-corrected chi connectivity index (χ0v) is 9.58. The van der Waals surface area contributed by atoms with Gasteiger partial charge < -0.3 is 0 Å². The van der Waals surface area contributed by atoms with E-state index in [1.54, 1.807) is 0 Å². The molecule has 1 aromatic heterocycles. The maximum absolute atomic E-state index is 4.15. The minimum Gasteiger partial charge on any atom is -0.249 e. The van der Waals surface area contributed by atoms with Gasteiger partial charge in [-0.05, 0) is 19.8 Å². The van der Waals surface area contributed by atoms with Gasteiger partial charge in [-0.1, -0.05) is 38.3 Å². The van der Waals surface area contributed by atoms with Gasteiger partial charge in [0.25, 0.3) is 0 Å². The average Bonchev–Trinajstić information content (AvgIpc) is 2.54.